The van der Waals surface area contributed by atoms with E-state index < -0.39 is 73.9 Å². The summed E-state index contributed by atoms with van der Waals surface area (Å²) in [5.41, 5.74) is 1.56. The summed E-state index contributed by atoms with van der Waals surface area (Å²) in [6.07, 6.45) is -15.7. The van der Waals surface area contributed by atoms with Crippen molar-refractivity contribution in [2.24, 2.45) is 0 Å². The lowest BCUT2D eigenvalue weighted by Gasteiger charge is -2.29. The summed E-state index contributed by atoms with van der Waals surface area (Å²) >= 11 is 0. The number of halogens is 12. The molecule has 0 amide bonds. The number of imidazole rings is 2. The van der Waals surface area contributed by atoms with E-state index in [1.54, 1.807) is 36.7 Å². The largest absolute Gasteiger partial charge is 0.393 e. The van der Waals surface area contributed by atoms with Crippen LogP contribution in [0.1, 0.15) is 86.0 Å². The number of H-pyrrole nitrogens is 2. The zero-order chi connectivity index (χ0) is 45.4. The van der Waals surface area contributed by atoms with E-state index in [1.165, 1.54) is 85.2 Å². The van der Waals surface area contributed by atoms with Crippen molar-refractivity contribution in [1.29, 1.82) is 0 Å². The first-order valence-electron chi connectivity index (χ1n) is 20.0. The van der Waals surface area contributed by atoms with Crippen LogP contribution in [0, 0.1) is 0 Å². The Morgan fingerprint density at radius 3 is 0.952 bits per heavy atom. The van der Waals surface area contributed by atoms with Gasteiger partial charge in [0.15, 0.2) is 0 Å². The molecule has 63 heavy (non-hydrogen) atoms. The Morgan fingerprint density at radius 2 is 0.714 bits per heavy atom. The second kappa shape index (κ2) is 20.0. The fourth-order valence-electron chi connectivity index (χ4n) is 8.17. The van der Waals surface area contributed by atoms with Crippen LogP contribution >= 0.6 is 0 Å². The van der Waals surface area contributed by atoms with Gasteiger partial charge < -0.3 is 9.97 Å². The Morgan fingerprint density at radius 1 is 0.429 bits per heavy atom. The summed E-state index contributed by atoms with van der Waals surface area (Å²) in [6.45, 7) is 0. The molecular formula is C45H40B2F12N4. The van der Waals surface area contributed by atoms with Gasteiger partial charge >= 0.3 is 24.7 Å². The minimum absolute atomic E-state index is 0.0318. The highest BCUT2D eigenvalue weighted by atomic mass is 19.4. The molecule has 330 valence electrons. The third-order valence-corrected chi connectivity index (χ3v) is 10.5. The molecule has 6 aromatic rings. The summed E-state index contributed by atoms with van der Waals surface area (Å²) in [4.78, 5) is 15.0. The van der Waals surface area contributed by atoms with Crippen LogP contribution in [0.2, 0.25) is 12.6 Å². The molecule has 2 atom stereocenters. The van der Waals surface area contributed by atoms with Gasteiger partial charge in [-0.05, 0) is 56.1 Å². The van der Waals surface area contributed by atoms with Gasteiger partial charge in [0.25, 0.3) is 0 Å². The van der Waals surface area contributed by atoms with E-state index in [0.717, 1.165) is 0 Å². The van der Waals surface area contributed by atoms with Crippen molar-refractivity contribution in [3.05, 3.63) is 178 Å². The number of alkyl halides is 12. The van der Waals surface area contributed by atoms with Gasteiger partial charge in [0.2, 0.25) is 0 Å². The molecule has 0 fully saturated rings. The van der Waals surface area contributed by atoms with Crippen molar-refractivity contribution in [2.45, 2.75) is 92.9 Å². The minimum atomic E-state index is -4.52. The molecule has 2 aromatic heterocycles. The van der Waals surface area contributed by atoms with E-state index in [2.05, 4.69) is 19.9 Å². The summed E-state index contributed by atoms with van der Waals surface area (Å²) in [5.74, 6) is -2.09. The van der Waals surface area contributed by atoms with Gasteiger partial charge in [0, 0.05) is 36.6 Å². The molecule has 18 heteroatoms. The average molecular weight is 886 g/mol. The third-order valence-electron chi connectivity index (χ3n) is 10.5. The second-order valence-corrected chi connectivity index (χ2v) is 15.5. The molecule has 0 aliphatic heterocycles. The lowest BCUT2D eigenvalue weighted by Crippen LogP contribution is -2.23. The summed E-state index contributed by atoms with van der Waals surface area (Å²) in [5, 5.41) is 0. The highest BCUT2D eigenvalue weighted by Crippen LogP contribution is 2.42. The van der Waals surface area contributed by atoms with Gasteiger partial charge in [0.1, 0.15) is 26.2 Å². The van der Waals surface area contributed by atoms with Gasteiger partial charge in [-0.15, -0.1) is 0 Å². The molecule has 0 bridgehead atoms. The molecular weight excluding hydrogens is 846 g/mol. The molecule has 0 aliphatic rings. The topological polar surface area (TPSA) is 57.4 Å². The number of nitrogens with zero attached hydrogens (tertiary/aromatic N) is 2. The van der Waals surface area contributed by atoms with Crippen LogP contribution in [0.4, 0.5) is 52.7 Å². The van der Waals surface area contributed by atoms with Crippen LogP contribution in [0.25, 0.3) is 0 Å². The lowest BCUT2D eigenvalue weighted by molar-refractivity contribution is -0.128. The molecule has 0 saturated carbocycles. The number of benzene rings is 4. The third kappa shape index (κ3) is 14.3. The van der Waals surface area contributed by atoms with Gasteiger partial charge in [-0.1, -0.05) is 116 Å². The molecule has 2 heterocycles. The Hall–Kier alpha value is -5.41. The van der Waals surface area contributed by atoms with Crippen molar-refractivity contribution in [1.82, 2.24) is 19.9 Å². The van der Waals surface area contributed by atoms with E-state index in [4.69, 9.17) is 0 Å². The van der Waals surface area contributed by atoms with E-state index >= 15 is 0 Å². The first-order chi connectivity index (χ1) is 29.7. The van der Waals surface area contributed by atoms with Crippen molar-refractivity contribution < 1.29 is 52.7 Å². The van der Waals surface area contributed by atoms with Crippen LogP contribution in [0.5, 0.6) is 0 Å². The maximum Gasteiger partial charge on any atom is 0.393 e. The van der Waals surface area contributed by atoms with Crippen molar-refractivity contribution >= 4 is 14.6 Å². The molecule has 4 nitrogen and oxygen atoms in total. The number of aromatic nitrogens is 4. The Bertz CT molecular complexity index is 2060. The van der Waals surface area contributed by atoms with Crippen molar-refractivity contribution in [3.63, 3.8) is 0 Å². The number of hydrogen-bond acceptors (Lipinski definition) is 2. The predicted octanol–water partition coefficient (Wildman–Crippen LogP) is 12.6. The highest BCUT2D eigenvalue weighted by Gasteiger charge is 2.35. The standard InChI is InChI=1S/C45H40B2F12N4/c48-42(49,50)24-28-6-1-10-32(20-28)36(33-11-2-7-29(21-33)25-43(51,52)53)38(40-60-16-17-61-40)46-14-5-15-47-39(41-62-18-19-63-41)37(34-12-3-8-30(22-34)26-44(54,55)56)35-13-4-9-31(23-35)27-45(57,58)59/h1-4,6-13,16-23,36-39H,5,14-15,24-27H2,(H,60,61)(H,62,63). The number of hydrogen-bond donors (Lipinski definition) is 2. The van der Waals surface area contributed by atoms with Crippen molar-refractivity contribution in [2.75, 3.05) is 0 Å². The van der Waals surface area contributed by atoms with Crippen LogP contribution in [-0.4, -0.2) is 59.2 Å². The molecule has 6 rings (SSSR count). The summed E-state index contributed by atoms with van der Waals surface area (Å²) < 4.78 is 163. The molecule has 2 radical (unpaired) electrons. The maximum atomic E-state index is 13.6. The lowest BCUT2D eigenvalue weighted by atomic mass is 9.50. The number of rotatable bonds is 18. The molecule has 0 saturated heterocycles. The molecule has 2 N–H and O–H groups in total. The molecule has 0 aliphatic carbocycles. The quantitative estimate of drug-likeness (QED) is 0.0513. The smallest absolute Gasteiger partial charge is 0.349 e. The van der Waals surface area contributed by atoms with Crippen molar-refractivity contribution in [3.8, 4) is 0 Å². The first-order valence-corrected chi connectivity index (χ1v) is 20.0. The van der Waals surface area contributed by atoms with E-state index in [1.807, 2.05) is 14.6 Å². The first kappa shape index (κ1) is 47.1. The summed E-state index contributed by atoms with van der Waals surface area (Å²) in [7, 11) is 3.79. The van der Waals surface area contributed by atoms with E-state index in [0.29, 0.717) is 53.0 Å². The molecule has 2 unspecified atom stereocenters. The van der Waals surface area contributed by atoms with Crippen LogP contribution in [-0.2, 0) is 25.7 Å². The van der Waals surface area contributed by atoms with Crippen LogP contribution in [0.3, 0.4) is 0 Å². The molecule has 0 spiro atoms. The van der Waals surface area contributed by atoms with Gasteiger partial charge in [0.05, 0.1) is 25.7 Å². The fraction of sp³-hybridized carbons (Fsp3) is 0.333. The zero-order valence-corrected chi connectivity index (χ0v) is 33.4. The van der Waals surface area contributed by atoms with Gasteiger partial charge in [-0.3, -0.25) is 0 Å². The monoisotopic (exact) mass is 886 g/mol. The Labute approximate surface area is 357 Å². The van der Waals surface area contributed by atoms with Crippen LogP contribution < -0.4 is 0 Å². The van der Waals surface area contributed by atoms with E-state index in [-0.39, 0.29) is 22.3 Å². The van der Waals surface area contributed by atoms with E-state index in [9.17, 15) is 52.7 Å². The highest BCUT2D eigenvalue weighted by molar-refractivity contribution is 6.40. The summed E-state index contributed by atoms with van der Waals surface area (Å²) in [6, 6.07) is 23.3. The average Bonchev–Trinajstić information content (AvgIpc) is 3.91. The van der Waals surface area contributed by atoms with Crippen LogP contribution in [0.15, 0.2) is 122 Å². The maximum absolute atomic E-state index is 13.6. The Kier molecular flexibility index (Phi) is 14.9. The number of nitrogens with one attached hydrogen (secondary N) is 2. The second-order valence-electron chi connectivity index (χ2n) is 15.5. The normalized spacial score (nSPS) is 13.7. The fourth-order valence-corrected chi connectivity index (χ4v) is 8.17. The molecule has 4 aromatic carbocycles. The minimum Gasteiger partial charge on any atom is -0.349 e. The Balaban J connectivity index is 1.31. The van der Waals surface area contributed by atoms with Gasteiger partial charge in [-0.25, -0.2) is 9.97 Å². The predicted molar refractivity (Wildman–Crippen MR) is 217 cm³/mol. The van der Waals surface area contributed by atoms with Gasteiger partial charge in [-0.2, -0.15) is 52.7 Å². The number of aromatic amines is 2. The zero-order valence-electron chi connectivity index (χ0n) is 33.4. The SMILES string of the molecule is FC(F)(F)Cc1cccc(C(c2cccc(CC(F)(F)F)c2)C([B]CCC[B]C(c2ncc[nH]2)C(c2cccc(CC(F)(F)F)c2)c2cccc(CC(F)(F)F)c2)c2ncc[nH]2)c1.